The van der Waals surface area contributed by atoms with Crippen molar-refractivity contribution in [1.82, 2.24) is 14.8 Å². The molecule has 2 heterocycles. The smallest absolute Gasteiger partial charge is 0.314 e. The van der Waals surface area contributed by atoms with E-state index in [2.05, 4.69) is 10.1 Å². The number of carbonyl (C=O) groups is 1. The predicted molar refractivity (Wildman–Crippen MR) is 69.5 cm³/mol. The van der Waals surface area contributed by atoms with Gasteiger partial charge in [-0.15, -0.1) is 0 Å². The van der Waals surface area contributed by atoms with Crippen LogP contribution in [0.15, 0.2) is 24.3 Å². The van der Waals surface area contributed by atoms with Crippen molar-refractivity contribution < 1.29 is 9.90 Å². The lowest BCUT2D eigenvalue weighted by molar-refractivity contribution is -0.139. The number of nitrogens with two attached hydrogens (primary N) is 1. The fraction of sp³-hybridized carbons (Fsp3) is 0.308. The van der Waals surface area contributed by atoms with Gasteiger partial charge in [-0.25, -0.2) is 9.67 Å². The lowest BCUT2D eigenvalue weighted by atomic mass is 10.00. The second-order valence-electron chi connectivity index (χ2n) is 4.64. The number of nitrogen functional groups attached to an aromatic ring is 1. The highest BCUT2D eigenvalue weighted by Crippen LogP contribution is 2.29. The van der Waals surface area contributed by atoms with Gasteiger partial charge in [-0.3, -0.25) is 4.79 Å². The van der Waals surface area contributed by atoms with Crippen LogP contribution in [0.1, 0.15) is 24.6 Å². The molecule has 1 aromatic heterocycles. The van der Waals surface area contributed by atoms with Gasteiger partial charge in [0.15, 0.2) is 5.82 Å². The highest BCUT2D eigenvalue weighted by atomic mass is 16.4. The molecule has 98 valence electrons. The standard InChI is InChI=1S/C13H14N4O2/c14-10-6-2-1-4-8(10)11-15-12-9(13(18)19)5-3-7-17(12)16-11/h1-2,4,6,9H,3,5,7,14H2,(H,18,19). The molecule has 1 atom stereocenters. The summed E-state index contributed by atoms with van der Waals surface area (Å²) in [6.45, 7) is 0.707. The summed E-state index contributed by atoms with van der Waals surface area (Å²) in [5.41, 5.74) is 7.24. The highest BCUT2D eigenvalue weighted by Gasteiger charge is 2.30. The third kappa shape index (κ3) is 1.95. The number of fused-ring (bicyclic) bond motifs is 1. The molecule has 1 aliphatic rings. The maximum absolute atomic E-state index is 11.2. The van der Waals surface area contributed by atoms with E-state index in [1.165, 1.54) is 0 Å². The number of anilines is 1. The highest BCUT2D eigenvalue weighted by molar-refractivity contribution is 5.76. The van der Waals surface area contributed by atoms with E-state index in [4.69, 9.17) is 5.73 Å². The van der Waals surface area contributed by atoms with Crippen molar-refractivity contribution in [3.63, 3.8) is 0 Å². The first-order valence-electron chi connectivity index (χ1n) is 6.19. The van der Waals surface area contributed by atoms with Crippen LogP contribution in [0.3, 0.4) is 0 Å². The number of aryl methyl sites for hydroxylation is 1. The summed E-state index contributed by atoms with van der Waals surface area (Å²) in [6.07, 6.45) is 1.41. The van der Waals surface area contributed by atoms with Gasteiger partial charge >= 0.3 is 5.97 Å². The van der Waals surface area contributed by atoms with Gasteiger partial charge < -0.3 is 10.8 Å². The van der Waals surface area contributed by atoms with Crippen LogP contribution >= 0.6 is 0 Å². The minimum absolute atomic E-state index is 0.501. The number of aliphatic carboxylic acids is 1. The molecule has 3 N–H and O–H groups in total. The number of hydrogen-bond donors (Lipinski definition) is 2. The van der Waals surface area contributed by atoms with Crippen molar-refractivity contribution in [3.8, 4) is 11.4 Å². The topological polar surface area (TPSA) is 94.0 Å². The zero-order chi connectivity index (χ0) is 13.4. The summed E-state index contributed by atoms with van der Waals surface area (Å²) in [4.78, 5) is 15.6. The molecular weight excluding hydrogens is 244 g/mol. The fourth-order valence-corrected chi connectivity index (χ4v) is 2.40. The lowest BCUT2D eigenvalue weighted by Gasteiger charge is -2.17. The molecule has 6 nitrogen and oxygen atoms in total. The molecule has 0 amide bonds. The maximum Gasteiger partial charge on any atom is 0.314 e. The first-order chi connectivity index (χ1) is 9.16. The van der Waals surface area contributed by atoms with E-state index >= 15 is 0 Å². The Labute approximate surface area is 109 Å². The predicted octanol–water partition coefficient (Wildman–Crippen LogP) is 1.49. The molecule has 1 unspecified atom stereocenters. The van der Waals surface area contributed by atoms with E-state index in [9.17, 15) is 9.90 Å². The van der Waals surface area contributed by atoms with Crippen LogP contribution in [0.25, 0.3) is 11.4 Å². The number of carboxylic acids is 1. The second-order valence-corrected chi connectivity index (χ2v) is 4.64. The van der Waals surface area contributed by atoms with Gasteiger partial charge in [-0.2, -0.15) is 5.10 Å². The third-order valence-electron chi connectivity index (χ3n) is 3.37. The largest absolute Gasteiger partial charge is 0.481 e. The Balaban J connectivity index is 2.07. The molecular formula is C13H14N4O2. The first kappa shape index (κ1) is 11.7. The van der Waals surface area contributed by atoms with Crippen LogP contribution in [0, 0.1) is 0 Å². The van der Waals surface area contributed by atoms with Gasteiger partial charge in [0.05, 0.1) is 0 Å². The van der Waals surface area contributed by atoms with E-state index in [1.807, 2.05) is 18.2 Å². The summed E-state index contributed by atoms with van der Waals surface area (Å²) < 4.78 is 1.68. The molecule has 0 aliphatic carbocycles. The molecule has 0 saturated carbocycles. The fourth-order valence-electron chi connectivity index (χ4n) is 2.40. The Bertz CT molecular complexity index is 635. The summed E-state index contributed by atoms with van der Waals surface area (Å²) in [6, 6.07) is 7.33. The van der Waals surface area contributed by atoms with Crippen molar-refractivity contribution >= 4 is 11.7 Å². The van der Waals surface area contributed by atoms with Crippen LogP contribution in [0.4, 0.5) is 5.69 Å². The average Bonchev–Trinajstić information content (AvgIpc) is 2.82. The Hall–Kier alpha value is -2.37. The van der Waals surface area contributed by atoms with Crippen molar-refractivity contribution in [2.24, 2.45) is 0 Å². The number of para-hydroxylation sites is 1. The van der Waals surface area contributed by atoms with Gasteiger partial charge in [-0.1, -0.05) is 12.1 Å². The van der Waals surface area contributed by atoms with E-state index < -0.39 is 11.9 Å². The van der Waals surface area contributed by atoms with Crippen molar-refractivity contribution in [3.05, 3.63) is 30.1 Å². The first-order valence-corrected chi connectivity index (χ1v) is 6.19. The Kier molecular flexibility index (Phi) is 2.70. The van der Waals surface area contributed by atoms with Gasteiger partial charge in [0.2, 0.25) is 0 Å². The Morgan fingerprint density at radius 3 is 2.95 bits per heavy atom. The number of nitrogens with zero attached hydrogens (tertiary/aromatic N) is 3. The molecule has 6 heteroatoms. The van der Waals surface area contributed by atoms with Crippen LogP contribution in [-0.4, -0.2) is 25.8 Å². The third-order valence-corrected chi connectivity index (χ3v) is 3.37. The van der Waals surface area contributed by atoms with Gasteiger partial charge in [-0.05, 0) is 25.0 Å². The Morgan fingerprint density at radius 2 is 2.21 bits per heavy atom. The molecule has 0 fully saturated rings. The normalized spacial score (nSPS) is 18.0. The molecule has 0 radical (unpaired) electrons. The van der Waals surface area contributed by atoms with Crippen LogP contribution in [-0.2, 0) is 11.3 Å². The molecule has 0 saturated heterocycles. The SMILES string of the molecule is Nc1ccccc1-c1nc2n(n1)CCCC2C(=O)O. The van der Waals surface area contributed by atoms with Gasteiger partial charge in [0, 0.05) is 17.8 Å². The Morgan fingerprint density at radius 1 is 1.42 bits per heavy atom. The number of rotatable bonds is 2. The molecule has 1 aromatic carbocycles. The minimum Gasteiger partial charge on any atom is -0.481 e. The van der Waals surface area contributed by atoms with Crippen molar-refractivity contribution in [1.29, 1.82) is 0 Å². The summed E-state index contributed by atoms with van der Waals surface area (Å²) >= 11 is 0. The molecule has 0 bridgehead atoms. The zero-order valence-electron chi connectivity index (χ0n) is 10.3. The van der Waals surface area contributed by atoms with Crippen LogP contribution in [0.5, 0.6) is 0 Å². The molecule has 19 heavy (non-hydrogen) atoms. The minimum atomic E-state index is -0.846. The molecule has 2 aromatic rings. The summed E-state index contributed by atoms with van der Waals surface area (Å²) in [5.74, 6) is -0.390. The molecule has 3 rings (SSSR count). The second kappa shape index (κ2) is 4.38. The molecule has 1 aliphatic heterocycles. The summed E-state index contributed by atoms with van der Waals surface area (Å²) in [5, 5.41) is 13.6. The van der Waals surface area contributed by atoms with E-state index in [-0.39, 0.29) is 0 Å². The number of benzene rings is 1. The van der Waals surface area contributed by atoms with Crippen molar-refractivity contribution in [2.45, 2.75) is 25.3 Å². The quantitative estimate of drug-likeness (QED) is 0.796. The maximum atomic E-state index is 11.2. The van der Waals surface area contributed by atoms with Crippen LogP contribution < -0.4 is 5.73 Å². The van der Waals surface area contributed by atoms with Gasteiger partial charge in [0.25, 0.3) is 0 Å². The van der Waals surface area contributed by atoms with E-state index in [0.29, 0.717) is 30.3 Å². The summed E-state index contributed by atoms with van der Waals surface area (Å²) in [7, 11) is 0. The number of carboxylic acid groups (broad SMARTS) is 1. The monoisotopic (exact) mass is 258 g/mol. The van der Waals surface area contributed by atoms with Crippen LogP contribution in [0.2, 0.25) is 0 Å². The van der Waals surface area contributed by atoms with Gasteiger partial charge in [0.1, 0.15) is 11.7 Å². The lowest BCUT2D eigenvalue weighted by Crippen LogP contribution is -2.22. The zero-order valence-corrected chi connectivity index (χ0v) is 10.3. The van der Waals surface area contributed by atoms with E-state index in [1.54, 1.807) is 10.7 Å². The average molecular weight is 258 g/mol. The number of hydrogen-bond acceptors (Lipinski definition) is 4. The number of aromatic nitrogens is 3. The van der Waals surface area contributed by atoms with Crippen molar-refractivity contribution in [2.75, 3.05) is 5.73 Å². The van der Waals surface area contributed by atoms with E-state index in [0.717, 1.165) is 12.0 Å². The molecule has 0 spiro atoms.